The second kappa shape index (κ2) is 5.13. The van der Waals surface area contributed by atoms with E-state index in [0.717, 1.165) is 11.9 Å². The van der Waals surface area contributed by atoms with Crippen LogP contribution in [0, 0.1) is 0 Å². The number of fused-ring (bicyclic) bond motifs is 1. The first-order valence-corrected chi connectivity index (χ1v) is 7.16. The molecule has 1 amide bonds. The van der Waals surface area contributed by atoms with Crippen molar-refractivity contribution < 1.29 is 9.90 Å². The Hall–Kier alpha value is -1.92. The zero-order valence-electron chi connectivity index (χ0n) is 12.2. The standard InChI is InChI=1S/C15H20N4O2/c1-9(2)18-7-12(13(20)8-18)19-6-4-11-10(14(16)21)3-5-17-15(11)19/h3-6,9,12-13,20H,7-8H2,1-2H3,(H2,16,21)/t12-,13-/m1/s1. The fourth-order valence-electron chi connectivity index (χ4n) is 3.03. The third kappa shape index (κ3) is 2.30. The van der Waals surface area contributed by atoms with Crippen LogP contribution >= 0.6 is 0 Å². The van der Waals surface area contributed by atoms with Crippen LogP contribution in [0.15, 0.2) is 24.5 Å². The molecule has 1 saturated heterocycles. The van der Waals surface area contributed by atoms with E-state index in [-0.39, 0.29) is 6.04 Å². The smallest absolute Gasteiger partial charge is 0.249 e. The Labute approximate surface area is 123 Å². The summed E-state index contributed by atoms with van der Waals surface area (Å²) >= 11 is 0. The van der Waals surface area contributed by atoms with Crippen molar-refractivity contribution in [3.05, 3.63) is 30.1 Å². The number of pyridine rings is 1. The predicted molar refractivity (Wildman–Crippen MR) is 80.0 cm³/mol. The number of nitrogens with two attached hydrogens (primary N) is 1. The SMILES string of the molecule is CC(C)N1C[C@@H](O)[C@H](n2ccc3c(C(N)=O)ccnc32)C1. The van der Waals surface area contributed by atoms with E-state index in [1.54, 1.807) is 12.3 Å². The quantitative estimate of drug-likeness (QED) is 0.873. The molecule has 0 unspecified atom stereocenters. The van der Waals surface area contributed by atoms with Crippen molar-refractivity contribution >= 4 is 16.9 Å². The summed E-state index contributed by atoms with van der Waals surface area (Å²) in [6.07, 6.45) is 3.02. The van der Waals surface area contributed by atoms with E-state index in [4.69, 9.17) is 5.73 Å². The number of aromatic nitrogens is 2. The third-order valence-electron chi connectivity index (χ3n) is 4.26. The molecule has 0 bridgehead atoms. The summed E-state index contributed by atoms with van der Waals surface area (Å²) in [4.78, 5) is 18.1. The first-order chi connectivity index (χ1) is 9.99. The maximum atomic E-state index is 11.5. The Bertz CT molecular complexity index is 679. The molecule has 1 aliphatic rings. The second-order valence-corrected chi connectivity index (χ2v) is 5.87. The van der Waals surface area contributed by atoms with Crippen LogP contribution in [-0.2, 0) is 0 Å². The van der Waals surface area contributed by atoms with Gasteiger partial charge in [0, 0.05) is 36.9 Å². The van der Waals surface area contributed by atoms with Gasteiger partial charge >= 0.3 is 0 Å². The highest BCUT2D eigenvalue weighted by Gasteiger charge is 2.34. The van der Waals surface area contributed by atoms with Gasteiger partial charge in [-0.05, 0) is 26.0 Å². The first-order valence-electron chi connectivity index (χ1n) is 7.16. The minimum Gasteiger partial charge on any atom is -0.390 e. The average molecular weight is 288 g/mol. The van der Waals surface area contributed by atoms with Gasteiger partial charge in [-0.2, -0.15) is 0 Å². The number of nitrogens with zero attached hydrogens (tertiary/aromatic N) is 3. The van der Waals surface area contributed by atoms with Gasteiger partial charge in [-0.15, -0.1) is 0 Å². The molecule has 3 heterocycles. The number of hydrogen-bond acceptors (Lipinski definition) is 4. The number of carbonyl (C=O) groups excluding carboxylic acids is 1. The van der Waals surface area contributed by atoms with Crippen LogP contribution in [0.3, 0.4) is 0 Å². The van der Waals surface area contributed by atoms with Crippen LogP contribution in [0.1, 0.15) is 30.2 Å². The van der Waals surface area contributed by atoms with Crippen molar-refractivity contribution in [2.75, 3.05) is 13.1 Å². The molecule has 6 nitrogen and oxygen atoms in total. The highest BCUT2D eigenvalue weighted by atomic mass is 16.3. The van der Waals surface area contributed by atoms with Crippen molar-refractivity contribution in [3.8, 4) is 0 Å². The van der Waals surface area contributed by atoms with Gasteiger partial charge in [0.15, 0.2) is 0 Å². The summed E-state index contributed by atoms with van der Waals surface area (Å²) in [5, 5.41) is 11.1. The number of primary amides is 1. The topological polar surface area (TPSA) is 84.4 Å². The highest BCUT2D eigenvalue weighted by molar-refractivity contribution is 6.04. The summed E-state index contributed by atoms with van der Waals surface area (Å²) in [6, 6.07) is 3.80. The monoisotopic (exact) mass is 288 g/mol. The number of aliphatic hydroxyl groups excluding tert-OH is 1. The lowest BCUT2D eigenvalue weighted by atomic mass is 10.2. The summed E-state index contributed by atoms with van der Waals surface area (Å²) in [5.74, 6) is -0.462. The molecule has 0 spiro atoms. The molecular formula is C15H20N4O2. The lowest BCUT2D eigenvalue weighted by Crippen LogP contribution is -2.29. The van der Waals surface area contributed by atoms with Crippen molar-refractivity contribution in [3.63, 3.8) is 0 Å². The number of amides is 1. The molecule has 0 aromatic carbocycles. The number of carbonyl (C=O) groups is 1. The predicted octanol–water partition coefficient (Wildman–Crippen LogP) is 0.761. The van der Waals surface area contributed by atoms with Crippen LogP contribution in [0.5, 0.6) is 0 Å². The van der Waals surface area contributed by atoms with E-state index in [2.05, 4.69) is 23.7 Å². The number of hydrogen-bond donors (Lipinski definition) is 2. The molecule has 0 aliphatic carbocycles. The number of rotatable bonds is 3. The Morgan fingerprint density at radius 3 is 2.81 bits per heavy atom. The zero-order chi connectivity index (χ0) is 15.1. The Morgan fingerprint density at radius 1 is 1.43 bits per heavy atom. The second-order valence-electron chi connectivity index (χ2n) is 5.87. The van der Waals surface area contributed by atoms with Gasteiger partial charge in [0.25, 0.3) is 0 Å². The minimum absolute atomic E-state index is 0.0551. The molecule has 0 radical (unpaired) electrons. The van der Waals surface area contributed by atoms with Gasteiger partial charge in [0.1, 0.15) is 5.65 Å². The lowest BCUT2D eigenvalue weighted by molar-refractivity contribution is 0.100. The molecule has 3 N–H and O–H groups in total. The van der Waals surface area contributed by atoms with Crippen LogP contribution in [0.4, 0.5) is 0 Å². The van der Waals surface area contributed by atoms with E-state index < -0.39 is 12.0 Å². The van der Waals surface area contributed by atoms with E-state index >= 15 is 0 Å². The minimum atomic E-state index is -0.462. The van der Waals surface area contributed by atoms with Crippen molar-refractivity contribution in [2.45, 2.75) is 32.0 Å². The average Bonchev–Trinajstić information content (AvgIpc) is 3.01. The van der Waals surface area contributed by atoms with Gasteiger partial charge in [-0.3, -0.25) is 9.69 Å². The Balaban J connectivity index is 2.02. The van der Waals surface area contributed by atoms with E-state index in [1.807, 2.05) is 16.8 Å². The van der Waals surface area contributed by atoms with Gasteiger partial charge in [0.05, 0.1) is 17.7 Å². The maximum absolute atomic E-state index is 11.5. The van der Waals surface area contributed by atoms with Crippen molar-refractivity contribution in [1.29, 1.82) is 0 Å². The van der Waals surface area contributed by atoms with E-state index in [0.29, 0.717) is 23.8 Å². The van der Waals surface area contributed by atoms with Crippen molar-refractivity contribution in [2.24, 2.45) is 5.73 Å². The molecule has 3 rings (SSSR count). The lowest BCUT2D eigenvalue weighted by Gasteiger charge is -2.20. The Morgan fingerprint density at radius 2 is 2.19 bits per heavy atom. The van der Waals surface area contributed by atoms with Gasteiger partial charge in [-0.1, -0.05) is 0 Å². The largest absolute Gasteiger partial charge is 0.390 e. The van der Waals surface area contributed by atoms with Crippen LogP contribution < -0.4 is 5.73 Å². The fourth-order valence-corrected chi connectivity index (χ4v) is 3.03. The maximum Gasteiger partial charge on any atom is 0.249 e. The zero-order valence-corrected chi connectivity index (χ0v) is 12.2. The molecular weight excluding hydrogens is 268 g/mol. The third-order valence-corrected chi connectivity index (χ3v) is 4.26. The Kier molecular flexibility index (Phi) is 3.43. The van der Waals surface area contributed by atoms with Gasteiger partial charge in [0.2, 0.25) is 5.91 Å². The fraction of sp³-hybridized carbons (Fsp3) is 0.467. The van der Waals surface area contributed by atoms with Crippen LogP contribution in [0.2, 0.25) is 0 Å². The van der Waals surface area contributed by atoms with Crippen LogP contribution in [-0.4, -0.2) is 50.7 Å². The number of aliphatic hydroxyl groups is 1. The number of likely N-dealkylation sites (tertiary alicyclic amines) is 1. The molecule has 0 saturated carbocycles. The summed E-state index contributed by atoms with van der Waals surface area (Å²) in [7, 11) is 0. The molecule has 112 valence electrons. The molecule has 6 heteroatoms. The van der Waals surface area contributed by atoms with Crippen LogP contribution in [0.25, 0.3) is 11.0 Å². The highest BCUT2D eigenvalue weighted by Crippen LogP contribution is 2.28. The summed E-state index contributed by atoms with van der Waals surface area (Å²) < 4.78 is 1.95. The molecule has 2 aromatic rings. The molecule has 1 aliphatic heterocycles. The van der Waals surface area contributed by atoms with E-state index in [9.17, 15) is 9.90 Å². The molecule has 2 atom stereocenters. The normalized spacial score (nSPS) is 23.2. The summed E-state index contributed by atoms with van der Waals surface area (Å²) in [5.41, 5.74) is 6.56. The van der Waals surface area contributed by atoms with Gasteiger partial charge in [-0.25, -0.2) is 4.98 Å². The first kappa shape index (κ1) is 14.0. The van der Waals surface area contributed by atoms with E-state index in [1.165, 1.54) is 0 Å². The van der Waals surface area contributed by atoms with Crippen molar-refractivity contribution in [1.82, 2.24) is 14.5 Å². The van der Waals surface area contributed by atoms with Gasteiger partial charge < -0.3 is 15.4 Å². The molecule has 21 heavy (non-hydrogen) atoms. The number of β-amino-alcohol motifs (C(OH)–C–C–N with tert-alkyl or cyclic N) is 1. The summed E-state index contributed by atoms with van der Waals surface area (Å²) in [6.45, 7) is 5.65. The molecule has 1 fully saturated rings. The molecule has 2 aromatic heterocycles.